The lowest BCUT2D eigenvalue weighted by molar-refractivity contribution is 1.19. The van der Waals surface area contributed by atoms with Gasteiger partial charge >= 0.3 is 0 Å². The molecule has 0 aromatic heterocycles. The fourth-order valence-corrected chi connectivity index (χ4v) is 13.5. The molecule has 0 fully saturated rings. The molecule has 0 saturated carbocycles. The van der Waals surface area contributed by atoms with Crippen LogP contribution in [0.3, 0.4) is 0 Å². The Kier molecular flexibility index (Phi) is 8.66. The van der Waals surface area contributed by atoms with E-state index in [1.54, 1.807) is 21.5 Å². The van der Waals surface area contributed by atoms with E-state index in [0.717, 1.165) is 0 Å². The zero-order chi connectivity index (χ0) is 20.8. The first kappa shape index (κ1) is 23.5. The highest BCUT2D eigenvalue weighted by molar-refractivity contribution is 7.98. The Labute approximate surface area is 180 Å². The molecule has 0 aliphatic heterocycles. The summed E-state index contributed by atoms with van der Waals surface area (Å²) in [4.78, 5) is 1.42. The van der Waals surface area contributed by atoms with Crippen molar-refractivity contribution < 1.29 is 0 Å². The van der Waals surface area contributed by atoms with Crippen LogP contribution in [-0.2, 0) is 0 Å². The SMILES string of the molecule is CC[Si](CC)(CC)c1ccccc1-c1ccc(SC)cc1[Si](CC)(CC)CC. The molecule has 0 amide bonds. The van der Waals surface area contributed by atoms with E-state index in [9.17, 15) is 0 Å². The van der Waals surface area contributed by atoms with Crippen molar-refractivity contribution in [2.24, 2.45) is 0 Å². The minimum atomic E-state index is -1.48. The van der Waals surface area contributed by atoms with E-state index >= 15 is 0 Å². The number of rotatable bonds is 10. The van der Waals surface area contributed by atoms with Crippen molar-refractivity contribution in [1.82, 2.24) is 0 Å². The van der Waals surface area contributed by atoms with Crippen molar-refractivity contribution in [3.8, 4) is 11.1 Å². The third-order valence-corrected chi connectivity index (χ3v) is 19.6. The van der Waals surface area contributed by atoms with Gasteiger partial charge in [0.25, 0.3) is 0 Å². The molecule has 0 spiro atoms. The topological polar surface area (TPSA) is 0 Å². The highest BCUT2D eigenvalue weighted by atomic mass is 32.2. The molecular formula is C25H40SSi2. The van der Waals surface area contributed by atoms with Gasteiger partial charge in [-0.2, -0.15) is 0 Å². The molecule has 0 N–H and O–H groups in total. The molecule has 2 aromatic rings. The van der Waals surface area contributed by atoms with Crippen molar-refractivity contribution in [2.45, 2.75) is 82.7 Å². The van der Waals surface area contributed by atoms with Gasteiger partial charge in [-0.05, 0) is 29.5 Å². The normalized spacial score (nSPS) is 12.4. The van der Waals surface area contributed by atoms with E-state index in [2.05, 4.69) is 90.3 Å². The molecule has 2 aromatic carbocycles. The molecule has 0 bridgehead atoms. The fourth-order valence-electron chi connectivity index (χ4n) is 5.15. The van der Waals surface area contributed by atoms with Gasteiger partial charge in [-0.25, -0.2) is 0 Å². The van der Waals surface area contributed by atoms with Crippen LogP contribution in [0.15, 0.2) is 47.4 Å². The zero-order valence-corrected chi connectivity index (χ0v) is 22.0. The highest BCUT2D eigenvalue weighted by Gasteiger charge is 2.35. The van der Waals surface area contributed by atoms with Crippen LogP contribution in [0.4, 0.5) is 0 Å². The smallest absolute Gasteiger partial charge is 0.0867 e. The van der Waals surface area contributed by atoms with Gasteiger partial charge in [0.2, 0.25) is 0 Å². The second-order valence-electron chi connectivity index (χ2n) is 8.14. The van der Waals surface area contributed by atoms with E-state index in [1.807, 2.05) is 11.8 Å². The molecule has 154 valence electrons. The number of hydrogen-bond acceptors (Lipinski definition) is 1. The molecule has 0 aliphatic carbocycles. The Hall–Kier alpha value is -0.776. The molecule has 0 heterocycles. The molecule has 28 heavy (non-hydrogen) atoms. The van der Waals surface area contributed by atoms with Crippen molar-refractivity contribution >= 4 is 38.3 Å². The van der Waals surface area contributed by atoms with Crippen LogP contribution >= 0.6 is 11.8 Å². The van der Waals surface area contributed by atoms with Gasteiger partial charge in [0, 0.05) is 4.90 Å². The summed E-state index contributed by atoms with van der Waals surface area (Å²) in [6.07, 6.45) is 2.21. The Morgan fingerprint density at radius 2 is 1.07 bits per heavy atom. The van der Waals surface area contributed by atoms with E-state index in [-0.39, 0.29) is 0 Å². The zero-order valence-electron chi connectivity index (χ0n) is 19.2. The Morgan fingerprint density at radius 3 is 1.57 bits per heavy atom. The first-order valence-corrected chi connectivity index (χ1v) is 17.8. The maximum absolute atomic E-state index is 2.56. The number of hydrogen-bond donors (Lipinski definition) is 0. The Balaban J connectivity index is 2.84. The molecule has 2 rings (SSSR count). The molecule has 0 aliphatic rings. The standard InChI is InChI=1S/C25H40SSi2/c1-8-27(9-2,10-3)24-17-15-14-16-22(24)23-19-18-21(26-7)20-25(23)28(11-4,12-5)13-6/h14-20H,8-13H2,1-7H3. The molecule has 0 atom stereocenters. The quantitative estimate of drug-likeness (QED) is 0.279. The van der Waals surface area contributed by atoms with Gasteiger partial charge in [0.05, 0.1) is 16.1 Å². The summed E-state index contributed by atoms with van der Waals surface area (Å²) in [5.41, 5.74) is 3.10. The van der Waals surface area contributed by atoms with Gasteiger partial charge in [0.15, 0.2) is 0 Å². The summed E-state index contributed by atoms with van der Waals surface area (Å²) >= 11 is 1.89. The maximum atomic E-state index is 2.56. The second-order valence-corrected chi connectivity index (χ2v) is 19.5. The van der Waals surface area contributed by atoms with Gasteiger partial charge in [-0.1, -0.05) is 119 Å². The van der Waals surface area contributed by atoms with Crippen molar-refractivity contribution in [1.29, 1.82) is 0 Å². The third kappa shape index (κ3) is 4.22. The van der Waals surface area contributed by atoms with Crippen LogP contribution in [-0.4, -0.2) is 22.4 Å². The van der Waals surface area contributed by atoms with Crippen LogP contribution < -0.4 is 10.4 Å². The van der Waals surface area contributed by atoms with Crippen LogP contribution in [0.2, 0.25) is 36.3 Å². The predicted octanol–water partition coefficient (Wildman–Crippen LogP) is 7.51. The molecular weight excluding hydrogens is 389 g/mol. The number of benzene rings is 2. The Morgan fingerprint density at radius 1 is 0.607 bits per heavy atom. The van der Waals surface area contributed by atoms with Crippen molar-refractivity contribution in [3.05, 3.63) is 42.5 Å². The fraction of sp³-hybridized carbons (Fsp3) is 0.520. The summed E-state index contributed by atoms with van der Waals surface area (Å²) < 4.78 is 0. The average molecular weight is 429 g/mol. The number of thioether (sulfide) groups is 1. The summed E-state index contributed by atoms with van der Waals surface area (Å²) in [7, 11) is -2.92. The molecule has 0 unspecified atom stereocenters. The third-order valence-electron chi connectivity index (χ3n) is 7.65. The monoisotopic (exact) mass is 428 g/mol. The Bertz CT molecular complexity index is 744. The maximum Gasteiger partial charge on any atom is 0.0867 e. The summed E-state index contributed by atoms with van der Waals surface area (Å²) in [5.74, 6) is 0. The first-order valence-electron chi connectivity index (χ1n) is 11.3. The van der Waals surface area contributed by atoms with Crippen LogP contribution in [0.25, 0.3) is 11.1 Å². The minimum Gasteiger partial charge on any atom is -0.130 e. The largest absolute Gasteiger partial charge is 0.130 e. The molecule has 3 heteroatoms. The minimum absolute atomic E-state index is 1.34. The summed E-state index contributed by atoms with van der Waals surface area (Å²) in [5, 5.41) is 3.41. The summed E-state index contributed by atoms with van der Waals surface area (Å²) in [6, 6.07) is 24.9. The van der Waals surface area contributed by atoms with Crippen LogP contribution in [0.5, 0.6) is 0 Å². The van der Waals surface area contributed by atoms with Crippen molar-refractivity contribution in [2.75, 3.05) is 6.26 Å². The van der Waals surface area contributed by atoms with Crippen LogP contribution in [0.1, 0.15) is 41.5 Å². The van der Waals surface area contributed by atoms with Gasteiger partial charge < -0.3 is 0 Å². The molecule has 0 radical (unpaired) electrons. The lowest BCUT2D eigenvalue weighted by atomic mass is 10.1. The average Bonchev–Trinajstić information content (AvgIpc) is 2.77. The van der Waals surface area contributed by atoms with E-state index < -0.39 is 16.1 Å². The van der Waals surface area contributed by atoms with Gasteiger partial charge in [-0.15, -0.1) is 11.8 Å². The molecule has 0 nitrogen and oxygen atoms in total. The first-order chi connectivity index (χ1) is 13.5. The lowest BCUT2D eigenvalue weighted by Gasteiger charge is -2.35. The van der Waals surface area contributed by atoms with Crippen molar-refractivity contribution in [3.63, 3.8) is 0 Å². The van der Waals surface area contributed by atoms with E-state index in [0.29, 0.717) is 0 Å². The second kappa shape index (κ2) is 10.3. The molecule has 0 saturated heterocycles. The highest BCUT2D eigenvalue weighted by Crippen LogP contribution is 2.31. The van der Waals surface area contributed by atoms with E-state index in [4.69, 9.17) is 0 Å². The van der Waals surface area contributed by atoms with Gasteiger partial charge in [0.1, 0.15) is 0 Å². The van der Waals surface area contributed by atoms with Crippen LogP contribution in [0, 0.1) is 0 Å². The summed E-state index contributed by atoms with van der Waals surface area (Å²) in [6.45, 7) is 14.6. The van der Waals surface area contributed by atoms with Gasteiger partial charge in [-0.3, -0.25) is 0 Å². The lowest BCUT2D eigenvalue weighted by Crippen LogP contribution is -2.49. The predicted molar refractivity (Wildman–Crippen MR) is 137 cm³/mol. The van der Waals surface area contributed by atoms with E-state index in [1.165, 1.54) is 41.2 Å².